The van der Waals surface area contributed by atoms with E-state index in [4.69, 9.17) is 0 Å². The molecule has 0 aliphatic heterocycles. The van der Waals surface area contributed by atoms with E-state index in [1.54, 1.807) is 13.8 Å². The standard InChI is InChI=1S/C48H90FIO2/c1-35(2)15-16-36(3)17-26-45(51)39(6)13-11-9-10-12-14-46(52)42-20-18-40(19-21-42)32-38(5)33-41(31-37(4)27-28-47(7,8)49)34-48(29-30-48)43-22-24-44(50)25-23-43/h35-46,51-52H,9-34H2,1-8H3/t36?,37-,38+,39?,40?,41+,42?,43?,44?,45?,46+/m1/s1. The third-order valence-electron chi connectivity index (χ3n) is 14.7. The second-order valence-corrected chi connectivity index (χ2v) is 22.9. The fourth-order valence-electron chi connectivity index (χ4n) is 10.9. The van der Waals surface area contributed by atoms with Gasteiger partial charge in [-0.1, -0.05) is 115 Å². The summed E-state index contributed by atoms with van der Waals surface area (Å²) < 4.78 is 15.3. The van der Waals surface area contributed by atoms with Crippen LogP contribution in [-0.2, 0) is 0 Å². The molecule has 0 aromatic rings. The van der Waals surface area contributed by atoms with E-state index in [1.807, 2.05) is 0 Å². The molecule has 4 heteroatoms. The molecule has 308 valence electrons. The number of aliphatic hydroxyl groups excluding tert-OH is 2. The van der Waals surface area contributed by atoms with Crippen molar-refractivity contribution in [1.82, 2.24) is 0 Å². The molecule has 3 saturated carbocycles. The van der Waals surface area contributed by atoms with Crippen molar-refractivity contribution in [1.29, 1.82) is 0 Å². The highest BCUT2D eigenvalue weighted by Gasteiger charge is 2.50. The molecule has 3 aliphatic carbocycles. The molecule has 0 heterocycles. The number of unbranched alkanes of at least 4 members (excludes halogenated alkanes) is 3. The maximum Gasteiger partial charge on any atom is 0.105 e. The predicted molar refractivity (Wildman–Crippen MR) is 233 cm³/mol. The molecule has 3 fully saturated rings. The van der Waals surface area contributed by atoms with Crippen LogP contribution >= 0.6 is 22.6 Å². The predicted octanol–water partition coefficient (Wildman–Crippen LogP) is 15.1. The Kier molecular flexibility index (Phi) is 21.4. The maximum atomic E-state index is 14.4. The molecule has 3 unspecified atom stereocenters. The van der Waals surface area contributed by atoms with E-state index >= 15 is 0 Å². The lowest BCUT2D eigenvalue weighted by atomic mass is 9.70. The van der Waals surface area contributed by atoms with Crippen LogP contribution < -0.4 is 0 Å². The summed E-state index contributed by atoms with van der Waals surface area (Å²) in [5, 5.41) is 21.8. The first-order valence-corrected chi connectivity index (χ1v) is 24.5. The first-order chi connectivity index (χ1) is 24.5. The summed E-state index contributed by atoms with van der Waals surface area (Å²) in [7, 11) is 0. The van der Waals surface area contributed by atoms with E-state index in [0.29, 0.717) is 29.6 Å². The molecule has 3 aliphatic rings. The number of aliphatic hydroxyl groups is 2. The van der Waals surface area contributed by atoms with E-state index < -0.39 is 5.67 Å². The van der Waals surface area contributed by atoms with Gasteiger partial charge in [-0.15, -0.1) is 0 Å². The first kappa shape index (κ1) is 47.0. The Hall–Kier alpha value is 0.580. The lowest BCUT2D eigenvalue weighted by Gasteiger charge is -2.37. The van der Waals surface area contributed by atoms with Crippen LogP contribution in [0.25, 0.3) is 0 Å². The lowest BCUT2D eigenvalue weighted by molar-refractivity contribution is 0.0607. The van der Waals surface area contributed by atoms with Crippen LogP contribution in [0.2, 0.25) is 0 Å². The summed E-state index contributed by atoms with van der Waals surface area (Å²) in [5.41, 5.74) is -0.408. The summed E-state index contributed by atoms with van der Waals surface area (Å²) in [5.74, 6) is 6.38. The maximum absolute atomic E-state index is 14.4. The van der Waals surface area contributed by atoms with Gasteiger partial charge in [-0.25, -0.2) is 4.39 Å². The molecule has 0 saturated heterocycles. The molecule has 0 spiro atoms. The Morgan fingerprint density at radius 1 is 0.673 bits per heavy atom. The van der Waals surface area contributed by atoms with Gasteiger partial charge in [-0.2, -0.15) is 0 Å². The Bertz CT molecular complexity index is 912. The molecular weight excluding hydrogens is 754 g/mol. The molecule has 0 aromatic carbocycles. The highest BCUT2D eigenvalue weighted by Crippen LogP contribution is 2.61. The summed E-state index contributed by atoms with van der Waals surface area (Å²) in [4.78, 5) is 0. The van der Waals surface area contributed by atoms with Crippen molar-refractivity contribution < 1.29 is 14.6 Å². The number of halogens is 2. The molecule has 52 heavy (non-hydrogen) atoms. The Balaban J connectivity index is 1.32. The molecular formula is C48H90FIO2. The Labute approximate surface area is 338 Å². The molecule has 0 radical (unpaired) electrons. The normalized spacial score (nSPS) is 27.9. The first-order valence-electron chi connectivity index (χ1n) is 23.2. The second-order valence-electron chi connectivity index (χ2n) is 21.1. The van der Waals surface area contributed by atoms with Gasteiger partial charge in [0.2, 0.25) is 0 Å². The minimum absolute atomic E-state index is 0.117. The molecule has 0 bridgehead atoms. The van der Waals surface area contributed by atoms with Crippen LogP contribution in [0, 0.1) is 58.7 Å². The zero-order chi connectivity index (χ0) is 38.3. The molecule has 0 amide bonds. The van der Waals surface area contributed by atoms with E-state index in [-0.39, 0.29) is 12.2 Å². The van der Waals surface area contributed by atoms with Crippen LogP contribution in [0.1, 0.15) is 222 Å². The Morgan fingerprint density at radius 2 is 1.27 bits per heavy atom. The van der Waals surface area contributed by atoms with Crippen LogP contribution in [-0.4, -0.2) is 32.0 Å². The average Bonchev–Trinajstić information content (AvgIpc) is 3.87. The fraction of sp³-hybridized carbons (Fsp3) is 1.00. The van der Waals surface area contributed by atoms with E-state index in [2.05, 4.69) is 64.1 Å². The summed E-state index contributed by atoms with van der Waals surface area (Å²) in [6.45, 7) is 17.6. The largest absolute Gasteiger partial charge is 0.393 e. The van der Waals surface area contributed by atoms with Crippen molar-refractivity contribution in [3.63, 3.8) is 0 Å². The van der Waals surface area contributed by atoms with Crippen LogP contribution in [0.4, 0.5) is 4.39 Å². The van der Waals surface area contributed by atoms with Crippen LogP contribution in [0.15, 0.2) is 0 Å². The van der Waals surface area contributed by atoms with Gasteiger partial charge in [0.25, 0.3) is 0 Å². The quantitative estimate of drug-likeness (QED) is 0.0491. The van der Waals surface area contributed by atoms with Gasteiger partial charge in [0.05, 0.1) is 12.2 Å². The smallest absolute Gasteiger partial charge is 0.105 e. The third kappa shape index (κ3) is 18.7. The SMILES string of the molecule is CC(C)CCC(C)CCC(O)C(C)CCCCCC[C@H](O)C1CCC(C[C@H](C)C[C@H](C[C@H](C)CCC(C)(C)F)CC2(C3CCC(I)CC3)CC2)CC1. The van der Waals surface area contributed by atoms with Gasteiger partial charge in [0.15, 0.2) is 0 Å². The van der Waals surface area contributed by atoms with Gasteiger partial charge in [0.1, 0.15) is 5.67 Å². The van der Waals surface area contributed by atoms with E-state index in [9.17, 15) is 14.6 Å². The van der Waals surface area contributed by atoms with Crippen molar-refractivity contribution in [2.24, 2.45) is 58.7 Å². The molecule has 3 rings (SSSR count). The molecule has 7 atom stereocenters. The second kappa shape index (κ2) is 23.7. The van der Waals surface area contributed by atoms with E-state index in [0.717, 1.165) is 78.0 Å². The molecule has 2 nitrogen and oxygen atoms in total. The van der Waals surface area contributed by atoms with Gasteiger partial charge < -0.3 is 10.2 Å². The molecule has 2 N–H and O–H groups in total. The van der Waals surface area contributed by atoms with Crippen molar-refractivity contribution in [2.75, 3.05) is 0 Å². The van der Waals surface area contributed by atoms with Crippen molar-refractivity contribution in [2.45, 2.75) is 244 Å². The number of hydrogen-bond acceptors (Lipinski definition) is 2. The van der Waals surface area contributed by atoms with Crippen molar-refractivity contribution in [3.05, 3.63) is 0 Å². The minimum atomic E-state index is -1.05. The van der Waals surface area contributed by atoms with Crippen LogP contribution in [0.5, 0.6) is 0 Å². The molecule has 0 aromatic heterocycles. The average molecular weight is 845 g/mol. The fourth-order valence-corrected chi connectivity index (χ4v) is 11.6. The van der Waals surface area contributed by atoms with Crippen molar-refractivity contribution >= 4 is 22.6 Å². The zero-order valence-corrected chi connectivity index (χ0v) is 38.1. The minimum Gasteiger partial charge on any atom is -0.393 e. The van der Waals surface area contributed by atoms with Crippen molar-refractivity contribution in [3.8, 4) is 0 Å². The van der Waals surface area contributed by atoms with Crippen LogP contribution in [0.3, 0.4) is 0 Å². The van der Waals surface area contributed by atoms with Gasteiger partial charge in [-0.05, 0) is 188 Å². The topological polar surface area (TPSA) is 40.5 Å². The highest BCUT2D eigenvalue weighted by atomic mass is 127. The summed E-state index contributed by atoms with van der Waals surface area (Å²) in [6.07, 6.45) is 32.2. The number of rotatable bonds is 27. The van der Waals surface area contributed by atoms with Gasteiger partial charge in [0, 0.05) is 3.92 Å². The summed E-state index contributed by atoms with van der Waals surface area (Å²) >= 11 is 2.69. The lowest BCUT2D eigenvalue weighted by Crippen LogP contribution is -2.28. The van der Waals surface area contributed by atoms with Gasteiger partial charge >= 0.3 is 0 Å². The highest BCUT2D eigenvalue weighted by molar-refractivity contribution is 14.1. The van der Waals surface area contributed by atoms with Gasteiger partial charge in [-0.3, -0.25) is 0 Å². The Morgan fingerprint density at radius 3 is 1.87 bits per heavy atom. The monoisotopic (exact) mass is 845 g/mol. The number of hydrogen-bond donors (Lipinski definition) is 2. The zero-order valence-electron chi connectivity index (χ0n) is 36.0. The van der Waals surface area contributed by atoms with E-state index in [1.165, 1.54) is 122 Å². The summed E-state index contributed by atoms with van der Waals surface area (Å²) in [6, 6.07) is 0. The third-order valence-corrected chi connectivity index (χ3v) is 16.0. The number of alkyl halides is 2.